The first-order chi connectivity index (χ1) is 11.3. The van der Waals surface area contributed by atoms with Gasteiger partial charge in [-0.3, -0.25) is 14.1 Å². The fourth-order valence-corrected chi connectivity index (χ4v) is 5.01. The van der Waals surface area contributed by atoms with Crippen LogP contribution in [0.1, 0.15) is 25.5 Å². The number of rotatable bonds is 4. The Hall–Kier alpha value is -2.12. The minimum Gasteiger partial charge on any atom is -0.296 e. The maximum absolute atomic E-state index is 12.6. The van der Waals surface area contributed by atoms with Crippen molar-refractivity contribution in [2.75, 3.05) is 4.72 Å². The quantitative estimate of drug-likeness (QED) is 0.768. The van der Waals surface area contributed by atoms with Crippen LogP contribution in [-0.4, -0.2) is 13.0 Å². The molecule has 0 amide bonds. The standard InChI is InChI=1S/C17H18N2O3S2/c1-11(2)19-14-9-8-13(10-15(14)23-17(19)20)18-24(21,22)16-7-5-4-6-12(16)3/h4-11,18H,1-3H3. The highest BCUT2D eigenvalue weighted by Crippen LogP contribution is 2.26. The van der Waals surface area contributed by atoms with Gasteiger partial charge >= 0.3 is 4.87 Å². The molecule has 1 heterocycles. The molecular formula is C17H18N2O3S2. The Morgan fingerprint density at radius 1 is 1.12 bits per heavy atom. The van der Waals surface area contributed by atoms with Crippen molar-refractivity contribution in [2.45, 2.75) is 31.7 Å². The second-order valence-corrected chi connectivity index (χ2v) is 8.53. The smallest absolute Gasteiger partial charge is 0.296 e. The summed E-state index contributed by atoms with van der Waals surface area (Å²) in [7, 11) is -3.66. The highest BCUT2D eigenvalue weighted by molar-refractivity contribution is 7.92. The number of sulfonamides is 1. The van der Waals surface area contributed by atoms with E-state index in [1.54, 1.807) is 54.0 Å². The first kappa shape index (κ1) is 16.7. The van der Waals surface area contributed by atoms with Crippen molar-refractivity contribution in [3.8, 4) is 0 Å². The molecule has 1 N–H and O–H groups in total. The minimum atomic E-state index is -3.66. The van der Waals surface area contributed by atoms with Crippen molar-refractivity contribution >= 4 is 37.3 Å². The van der Waals surface area contributed by atoms with E-state index in [0.717, 1.165) is 21.6 Å². The summed E-state index contributed by atoms with van der Waals surface area (Å²) in [5, 5.41) is 0. The molecule has 0 fully saturated rings. The van der Waals surface area contributed by atoms with Crippen LogP contribution in [0.4, 0.5) is 5.69 Å². The normalized spacial score (nSPS) is 12.0. The SMILES string of the molecule is Cc1ccccc1S(=O)(=O)Nc1ccc2c(c1)sc(=O)n2C(C)C. The number of hydrogen-bond donors (Lipinski definition) is 1. The van der Waals surface area contributed by atoms with Crippen molar-refractivity contribution < 1.29 is 8.42 Å². The number of hydrogen-bond acceptors (Lipinski definition) is 4. The van der Waals surface area contributed by atoms with Gasteiger partial charge < -0.3 is 0 Å². The molecule has 126 valence electrons. The third-order valence-corrected chi connectivity index (χ3v) is 6.22. The number of aryl methyl sites for hydroxylation is 1. The largest absolute Gasteiger partial charge is 0.308 e. The van der Waals surface area contributed by atoms with Gasteiger partial charge in [0.15, 0.2) is 0 Å². The minimum absolute atomic E-state index is 0.0427. The lowest BCUT2D eigenvalue weighted by molar-refractivity contribution is 0.600. The Morgan fingerprint density at radius 3 is 2.50 bits per heavy atom. The predicted octanol–water partition coefficient (Wildman–Crippen LogP) is 3.75. The van der Waals surface area contributed by atoms with E-state index in [-0.39, 0.29) is 15.8 Å². The average Bonchev–Trinajstić information content (AvgIpc) is 2.82. The average molecular weight is 362 g/mol. The van der Waals surface area contributed by atoms with Gasteiger partial charge in [0, 0.05) is 6.04 Å². The number of anilines is 1. The van der Waals surface area contributed by atoms with Crippen LogP contribution in [0.3, 0.4) is 0 Å². The van der Waals surface area contributed by atoms with E-state index in [1.165, 1.54) is 0 Å². The summed E-state index contributed by atoms with van der Waals surface area (Å²) in [5.74, 6) is 0. The molecule has 0 atom stereocenters. The molecule has 0 aliphatic heterocycles. The van der Waals surface area contributed by atoms with Gasteiger partial charge in [0.05, 0.1) is 20.8 Å². The topological polar surface area (TPSA) is 68.2 Å². The number of nitrogens with one attached hydrogen (secondary N) is 1. The van der Waals surface area contributed by atoms with Crippen LogP contribution in [0, 0.1) is 6.92 Å². The zero-order chi connectivity index (χ0) is 17.5. The lowest BCUT2D eigenvalue weighted by atomic mass is 10.2. The molecule has 1 aromatic heterocycles. The molecule has 3 aromatic rings. The van der Waals surface area contributed by atoms with Crippen molar-refractivity contribution in [2.24, 2.45) is 0 Å². The summed E-state index contributed by atoms with van der Waals surface area (Å²) in [4.78, 5) is 12.3. The molecule has 0 radical (unpaired) electrons. The summed E-state index contributed by atoms with van der Waals surface area (Å²) in [6.07, 6.45) is 0. The Labute approximate surface area is 144 Å². The Morgan fingerprint density at radius 2 is 1.83 bits per heavy atom. The number of nitrogens with zero attached hydrogens (tertiary/aromatic N) is 1. The van der Waals surface area contributed by atoms with Gasteiger partial charge in [0.2, 0.25) is 0 Å². The van der Waals surface area contributed by atoms with Gasteiger partial charge in [-0.05, 0) is 50.6 Å². The van der Waals surface area contributed by atoms with Crippen LogP contribution in [0.25, 0.3) is 10.2 Å². The van der Waals surface area contributed by atoms with Crippen LogP contribution < -0.4 is 9.60 Å². The van der Waals surface area contributed by atoms with Crippen molar-refractivity contribution in [1.82, 2.24) is 4.57 Å². The summed E-state index contributed by atoms with van der Waals surface area (Å²) in [5.41, 5.74) is 1.95. The summed E-state index contributed by atoms with van der Waals surface area (Å²) >= 11 is 1.12. The molecular weight excluding hydrogens is 344 g/mol. The summed E-state index contributed by atoms with van der Waals surface area (Å²) < 4.78 is 30.2. The molecule has 24 heavy (non-hydrogen) atoms. The fourth-order valence-electron chi connectivity index (χ4n) is 2.66. The van der Waals surface area contributed by atoms with Gasteiger partial charge in [0.1, 0.15) is 0 Å². The predicted molar refractivity (Wildman–Crippen MR) is 98.5 cm³/mol. The summed E-state index contributed by atoms with van der Waals surface area (Å²) in [6, 6.07) is 12.0. The third kappa shape index (κ3) is 2.97. The van der Waals surface area contributed by atoms with Crippen molar-refractivity contribution in [1.29, 1.82) is 0 Å². The zero-order valence-electron chi connectivity index (χ0n) is 13.6. The lowest BCUT2D eigenvalue weighted by Crippen LogP contribution is -2.15. The van der Waals surface area contributed by atoms with Crippen LogP contribution in [0.5, 0.6) is 0 Å². The molecule has 0 aliphatic carbocycles. The second kappa shape index (κ2) is 6.07. The molecule has 0 unspecified atom stereocenters. The molecule has 7 heteroatoms. The van der Waals surface area contributed by atoms with E-state index in [9.17, 15) is 13.2 Å². The van der Waals surface area contributed by atoms with Crippen LogP contribution >= 0.6 is 11.3 Å². The van der Waals surface area contributed by atoms with E-state index in [2.05, 4.69) is 4.72 Å². The second-order valence-electron chi connectivity index (χ2n) is 5.89. The van der Waals surface area contributed by atoms with E-state index in [4.69, 9.17) is 0 Å². The highest BCUT2D eigenvalue weighted by atomic mass is 32.2. The first-order valence-electron chi connectivity index (χ1n) is 7.53. The summed E-state index contributed by atoms with van der Waals surface area (Å²) in [6.45, 7) is 5.65. The number of fused-ring (bicyclic) bond motifs is 1. The van der Waals surface area contributed by atoms with Crippen molar-refractivity contribution in [3.05, 3.63) is 57.7 Å². The lowest BCUT2D eigenvalue weighted by Gasteiger charge is -2.11. The number of benzene rings is 2. The molecule has 0 saturated carbocycles. The van der Waals surface area contributed by atoms with Crippen LogP contribution in [0.15, 0.2) is 52.2 Å². The van der Waals surface area contributed by atoms with Gasteiger partial charge in [-0.15, -0.1) is 0 Å². The third-order valence-electron chi connectivity index (χ3n) is 3.77. The van der Waals surface area contributed by atoms with E-state index in [1.807, 2.05) is 13.8 Å². The van der Waals surface area contributed by atoms with Crippen molar-refractivity contribution in [3.63, 3.8) is 0 Å². The van der Waals surface area contributed by atoms with E-state index in [0.29, 0.717) is 11.3 Å². The highest BCUT2D eigenvalue weighted by Gasteiger charge is 2.17. The van der Waals surface area contributed by atoms with Crippen LogP contribution in [0.2, 0.25) is 0 Å². The van der Waals surface area contributed by atoms with Gasteiger partial charge in [-0.2, -0.15) is 0 Å². The van der Waals surface area contributed by atoms with Gasteiger partial charge in [-0.1, -0.05) is 29.5 Å². The molecule has 0 aliphatic rings. The molecule has 0 bridgehead atoms. The van der Waals surface area contributed by atoms with Gasteiger partial charge in [-0.25, -0.2) is 8.42 Å². The van der Waals surface area contributed by atoms with E-state index < -0.39 is 10.0 Å². The first-order valence-corrected chi connectivity index (χ1v) is 9.83. The molecule has 2 aromatic carbocycles. The monoisotopic (exact) mass is 362 g/mol. The fraction of sp³-hybridized carbons (Fsp3) is 0.235. The molecule has 5 nitrogen and oxygen atoms in total. The number of aromatic nitrogens is 1. The van der Waals surface area contributed by atoms with E-state index >= 15 is 0 Å². The Kier molecular flexibility index (Phi) is 4.23. The van der Waals surface area contributed by atoms with Crippen LogP contribution in [-0.2, 0) is 10.0 Å². The maximum Gasteiger partial charge on any atom is 0.308 e. The van der Waals surface area contributed by atoms with Gasteiger partial charge in [0.25, 0.3) is 10.0 Å². The molecule has 0 spiro atoms. The maximum atomic E-state index is 12.6. The Bertz CT molecular complexity index is 1060. The molecule has 3 rings (SSSR count). The zero-order valence-corrected chi connectivity index (χ0v) is 15.2. The molecule has 0 saturated heterocycles. The number of thiazole rings is 1. The Balaban J connectivity index is 2.02.